The molecular weight excluding hydrogens is 236 g/mol. The first kappa shape index (κ1) is 12.1. The van der Waals surface area contributed by atoms with Gasteiger partial charge in [-0.1, -0.05) is 12.1 Å². The van der Waals surface area contributed by atoms with Gasteiger partial charge in [-0.15, -0.1) is 0 Å². The maximum atomic E-state index is 11.2. The Labute approximate surface area is 103 Å². The fourth-order valence-corrected chi connectivity index (χ4v) is 1.42. The highest BCUT2D eigenvalue weighted by Gasteiger charge is 2.28. The Morgan fingerprint density at radius 3 is 2.56 bits per heavy atom. The minimum absolute atomic E-state index is 0.0326. The van der Waals surface area contributed by atoms with E-state index in [0.29, 0.717) is 17.9 Å². The molecule has 1 fully saturated rings. The van der Waals surface area contributed by atoms with Crippen molar-refractivity contribution in [2.45, 2.75) is 0 Å². The molecule has 1 saturated heterocycles. The normalized spacial score (nSPS) is 16.6. The molecule has 0 aliphatic carbocycles. The highest BCUT2D eigenvalue weighted by atomic mass is 16.7. The number of hydrogen-bond acceptors (Lipinski definition) is 4. The van der Waals surface area contributed by atoms with Gasteiger partial charge in [0.1, 0.15) is 17.9 Å². The number of carbonyl (C=O) groups excluding carboxylic acids is 2. The van der Waals surface area contributed by atoms with Gasteiger partial charge < -0.3 is 9.57 Å². The van der Waals surface area contributed by atoms with Crippen molar-refractivity contribution in [2.24, 2.45) is 0 Å². The van der Waals surface area contributed by atoms with Gasteiger partial charge in [0.25, 0.3) is 5.91 Å². The Bertz CT molecular complexity index is 475. The molecule has 2 N–H and O–H groups in total. The molecule has 2 rings (SSSR count). The molecule has 0 atom stereocenters. The molecule has 1 aromatic carbocycles. The van der Waals surface area contributed by atoms with Gasteiger partial charge in [-0.25, -0.2) is 4.79 Å². The predicted molar refractivity (Wildman–Crippen MR) is 62.1 cm³/mol. The standard InChI is InChI=1S/C12H11N2O4/c13-5-6-17-9-3-1-8(2-4-9)7-10-11(15)14-18-12(10)16/h1-4,7,13H,5-6H2,(H,14,15). The van der Waals surface area contributed by atoms with Crippen LogP contribution in [-0.4, -0.2) is 25.0 Å². The number of benzene rings is 1. The summed E-state index contributed by atoms with van der Waals surface area (Å²) in [6, 6.07) is 6.84. The SMILES string of the molecule is [NH]CCOc1ccc(C=C2C(=O)NOC2=O)cc1. The fraction of sp³-hybridized carbons (Fsp3) is 0.167. The molecule has 0 spiro atoms. The molecule has 0 bridgehead atoms. The summed E-state index contributed by atoms with van der Waals surface area (Å²) in [6.07, 6.45) is 1.44. The number of hydrogen-bond donors (Lipinski definition) is 1. The molecular formula is C12H11N2O4. The van der Waals surface area contributed by atoms with E-state index < -0.39 is 11.9 Å². The zero-order valence-corrected chi connectivity index (χ0v) is 9.43. The van der Waals surface area contributed by atoms with E-state index in [2.05, 4.69) is 4.84 Å². The van der Waals surface area contributed by atoms with Crippen molar-refractivity contribution in [2.75, 3.05) is 13.2 Å². The molecule has 1 aliphatic heterocycles. The summed E-state index contributed by atoms with van der Waals surface area (Å²) in [6.45, 7) is 0.521. The Kier molecular flexibility index (Phi) is 3.59. The van der Waals surface area contributed by atoms with Crippen LogP contribution in [0.3, 0.4) is 0 Å². The van der Waals surface area contributed by atoms with Gasteiger partial charge in [-0.05, 0) is 23.8 Å². The van der Waals surface area contributed by atoms with Crippen molar-refractivity contribution in [3.8, 4) is 5.75 Å². The van der Waals surface area contributed by atoms with E-state index in [1.165, 1.54) is 6.08 Å². The van der Waals surface area contributed by atoms with Gasteiger partial charge in [0.2, 0.25) is 0 Å². The lowest BCUT2D eigenvalue weighted by Crippen LogP contribution is -2.12. The minimum Gasteiger partial charge on any atom is -0.492 e. The predicted octanol–water partition coefficient (Wildman–Crippen LogP) is 0.320. The lowest BCUT2D eigenvalue weighted by Gasteiger charge is -2.03. The molecule has 93 valence electrons. The largest absolute Gasteiger partial charge is 0.492 e. The second-order valence-electron chi connectivity index (χ2n) is 3.55. The lowest BCUT2D eigenvalue weighted by molar-refractivity contribution is -0.143. The van der Waals surface area contributed by atoms with E-state index in [9.17, 15) is 9.59 Å². The molecule has 1 heterocycles. The average Bonchev–Trinajstić information content (AvgIpc) is 2.70. The molecule has 1 aliphatic rings. The van der Waals surface area contributed by atoms with Crippen LogP contribution < -0.4 is 16.0 Å². The van der Waals surface area contributed by atoms with Crippen LogP contribution in [0, 0.1) is 0 Å². The van der Waals surface area contributed by atoms with Gasteiger partial charge in [0, 0.05) is 6.54 Å². The van der Waals surface area contributed by atoms with Gasteiger partial charge in [0.15, 0.2) is 0 Å². The molecule has 0 aromatic heterocycles. The van der Waals surface area contributed by atoms with Crippen LogP contribution in [0.4, 0.5) is 0 Å². The molecule has 18 heavy (non-hydrogen) atoms. The zero-order valence-electron chi connectivity index (χ0n) is 9.43. The number of amides is 1. The maximum Gasteiger partial charge on any atom is 0.368 e. The fourth-order valence-electron chi connectivity index (χ4n) is 1.42. The topological polar surface area (TPSA) is 88.4 Å². The van der Waals surface area contributed by atoms with Crippen molar-refractivity contribution in [3.63, 3.8) is 0 Å². The van der Waals surface area contributed by atoms with E-state index in [-0.39, 0.29) is 12.1 Å². The maximum absolute atomic E-state index is 11.2. The highest BCUT2D eigenvalue weighted by molar-refractivity contribution is 6.22. The van der Waals surface area contributed by atoms with Crippen molar-refractivity contribution < 1.29 is 19.2 Å². The number of hydroxylamine groups is 1. The molecule has 1 aromatic rings. The van der Waals surface area contributed by atoms with E-state index >= 15 is 0 Å². The summed E-state index contributed by atoms with van der Waals surface area (Å²) >= 11 is 0. The van der Waals surface area contributed by atoms with E-state index in [4.69, 9.17) is 10.5 Å². The summed E-state index contributed by atoms with van der Waals surface area (Å²) in [5.41, 5.74) is 9.59. The Morgan fingerprint density at radius 1 is 1.28 bits per heavy atom. The minimum atomic E-state index is -0.686. The smallest absolute Gasteiger partial charge is 0.368 e. The van der Waals surface area contributed by atoms with Crippen LogP contribution in [0.2, 0.25) is 0 Å². The highest BCUT2D eigenvalue weighted by Crippen LogP contribution is 2.16. The van der Waals surface area contributed by atoms with E-state index in [1.54, 1.807) is 24.3 Å². The van der Waals surface area contributed by atoms with Crippen LogP contribution in [0.25, 0.3) is 6.08 Å². The first-order valence-corrected chi connectivity index (χ1v) is 5.31. The van der Waals surface area contributed by atoms with Gasteiger partial charge in [-0.3, -0.25) is 10.5 Å². The van der Waals surface area contributed by atoms with E-state index in [1.807, 2.05) is 5.48 Å². The third kappa shape index (κ3) is 2.67. The van der Waals surface area contributed by atoms with Gasteiger partial charge in [-0.2, -0.15) is 5.48 Å². The van der Waals surface area contributed by atoms with Crippen molar-refractivity contribution >= 4 is 18.0 Å². The molecule has 1 radical (unpaired) electrons. The van der Waals surface area contributed by atoms with Crippen LogP contribution >= 0.6 is 0 Å². The van der Waals surface area contributed by atoms with Crippen molar-refractivity contribution in [3.05, 3.63) is 35.4 Å². The molecule has 0 saturated carbocycles. The van der Waals surface area contributed by atoms with Crippen LogP contribution in [0.5, 0.6) is 5.75 Å². The molecule has 6 heteroatoms. The second-order valence-corrected chi connectivity index (χ2v) is 3.55. The van der Waals surface area contributed by atoms with Crippen molar-refractivity contribution in [1.82, 2.24) is 11.2 Å². The summed E-state index contributed by atoms with van der Waals surface area (Å²) < 4.78 is 5.24. The van der Waals surface area contributed by atoms with Crippen LogP contribution in [0.1, 0.15) is 5.56 Å². The Morgan fingerprint density at radius 2 is 2.00 bits per heavy atom. The van der Waals surface area contributed by atoms with Crippen LogP contribution in [-0.2, 0) is 14.4 Å². The molecule has 6 nitrogen and oxygen atoms in total. The van der Waals surface area contributed by atoms with E-state index in [0.717, 1.165) is 0 Å². The number of carbonyl (C=O) groups is 2. The zero-order chi connectivity index (χ0) is 13.0. The monoisotopic (exact) mass is 247 g/mol. The summed E-state index contributed by atoms with van der Waals surface area (Å²) in [5, 5.41) is 0. The third-order valence-electron chi connectivity index (χ3n) is 2.26. The first-order valence-electron chi connectivity index (χ1n) is 5.31. The lowest BCUT2D eigenvalue weighted by atomic mass is 10.1. The van der Waals surface area contributed by atoms with Crippen LogP contribution in [0.15, 0.2) is 29.8 Å². The average molecular weight is 247 g/mol. The number of ether oxygens (including phenoxy) is 1. The Hall–Kier alpha value is -2.34. The number of nitrogens with one attached hydrogen (secondary N) is 2. The summed E-state index contributed by atoms with van der Waals surface area (Å²) in [4.78, 5) is 26.8. The quantitative estimate of drug-likeness (QED) is 0.613. The van der Waals surface area contributed by atoms with Gasteiger partial charge >= 0.3 is 5.97 Å². The second kappa shape index (κ2) is 5.33. The van der Waals surface area contributed by atoms with Crippen molar-refractivity contribution in [1.29, 1.82) is 0 Å². The third-order valence-corrected chi connectivity index (χ3v) is 2.26. The Balaban J connectivity index is 2.12. The molecule has 0 unspecified atom stereocenters. The van der Waals surface area contributed by atoms with Gasteiger partial charge in [0.05, 0.1) is 0 Å². The molecule has 1 amide bonds. The summed E-state index contributed by atoms with van der Waals surface area (Å²) in [7, 11) is 0. The summed E-state index contributed by atoms with van der Waals surface area (Å²) in [5.74, 6) is -0.591. The number of rotatable bonds is 4. The first-order chi connectivity index (χ1) is 8.70.